The molecule has 0 bridgehead atoms. The standard InChI is InChI=1S/C12H17N3O3S/c1-7-3-8(2)14-12(13-7)19-6-11(17)15-9-4-18-5-10(9)16/h3,9-10,16H,4-6H2,1-2H3,(H,15,17). The Balaban J connectivity index is 1.83. The number of aliphatic hydroxyl groups excluding tert-OH is 1. The number of ether oxygens (including phenoxy) is 1. The number of aromatic nitrogens is 2. The molecule has 2 atom stereocenters. The summed E-state index contributed by atoms with van der Waals surface area (Å²) in [6, 6.07) is 1.57. The first-order valence-corrected chi connectivity index (χ1v) is 7.03. The Morgan fingerprint density at radius 1 is 1.47 bits per heavy atom. The van der Waals surface area contributed by atoms with Gasteiger partial charge in [0.1, 0.15) is 0 Å². The molecule has 0 spiro atoms. The van der Waals surface area contributed by atoms with Crippen LogP contribution in [0.2, 0.25) is 0 Å². The maximum atomic E-state index is 11.7. The summed E-state index contributed by atoms with van der Waals surface area (Å²) < 4.78 is 5.07. The quantitative estimate of drug-likeness (QED) is 0.600. The van der Waals surface area contributed by atoms with Gasteiger partial charge in [0.2, 0.25) is 5.91 Å². The minimum absolute atomic E-state index is 0.151. The topological polar surface area (TPSA) is 84.3 Å². The number of nitrogens with zero attached hydrogens (tertiary/aromatic N) is 2. The lowest BCUT2D eigenvalue weighted by Gasteiger charge is -2.14. The molecule has 1 amide bonds. The second-order valence-corrected chi connectivity index (χ2v) is 5.44. The fourth-order valence-corrected chi connectivity index (χ4v) is 2.58. The number of rotatable bonds is 4. The van der Waals surface area contributed by atoms with Gasteiger partial charge in [-0.25, -0.2) is 9.97 Å². The fourth-order valence-electron chi connectivity index (χ4n) is 1.82. The molecule has 1 saturated heterocycles. The fraction of sp³-hybridized carbons (Fsp3) is 0.583. The van der Waals surface area contributed by atoms with E-state index >= 15 is 0 Å². The van der Waals surface area contributed by atoms with Crippen molar-refractivity contribution < 1.29 is 14.6 Å². The Hall–Kier alpha value is -1.18. The van der Waals surface area contributed by atoms with Crippen LogP contribution in [-0.4, -0.2) is 52.1 Å². The summed E-state index contributed by atoms with van der Waals surface area (Å²) in [4.78, 5) is 20.2. The molecule has 2 N–H and O–H groups in total. The predicted molar refractivity (Wildman–Crippen MR) is 71.0 cm³/mol. The SMILES string of the molecule is Cc1cc(C)nc(SCC(=O)NC2COCC2O)n1. The van der Waals surface area contributed by atoms with Crippen molar-refractivity contribution in [3.05, 3.63) is 17.5 Å². The lowest BCUT2D eigenvalue weighted by Crippen LogP contribution is -2.43. The van der Waals surface area contributed by atoms with Crippen molar-refractivity contribution in [1.82, 2.24) is 15.3 Å². The van der Waals surface area contributed by atoms with Crippen LogP contribution in [0, 0.1) is 13.8 Å². The van der Waals surface area contributed by atoms with Gasteiger partial charge in [-0.3, -0.25) is 4.79 Å². The van der Waals surface area contributed by atoms with E-state index in [1.54, 1.807) is 0 Å². The summed E-state index contributed by atoms with van der Waals surface area (Å²) in [6.45, 7) is 4.42. The monoisotopic (exact) mass is 283 g/mol. The first-order chi connectivity index (χ1) is 9.04. The van der Waals surface area contributed by atoms with Gasteiger partial charge in [0, 0.05) is 11.4 Å². The largest absolute Gasteiger partial charge is 0.388 e. The predicted octanol–water partition coefficient (Wildman–Crippen LogP) is 0.0614. The highest BCUT2D eigenvalue weighted by Gasteiger charge is 2.27. The van der Waals surface area contributed by atoms with E-state index in [0.717, 1.165) is 11.4 Å². The maximum absolute atomic E-state index is 11.7. The molecular weight excluding hydrogens is 266 g/mol. The molecule has 1 aromatic heterocycles. The highest BCUT2D eigenvalue weighted by atomic mass is 32.2. The molecule has 19 heavy (non-hydrogen) atoms. The van der Waals surface area contributed by atoms with Crippen molar-refractivity contribution in [1.29, 1.82) is 0 Å². The molecule has 1 aliphatic heterocycles. The third kappa shape index (κ3) is 4.15. The molecule has 1 aromatic rings. The third-order valence-corrected chi connectivity index (χ3v) is 3.54. The molecule has 0 radical (unpaired) electrons. The molecular formula is C12H17N3O3S. The first kappa shape index (κ1) is 14.2. The zero-order chi connectivity index (χ0) is 13.8. The molecule has 1 aliphatic rings. The molecule has 7 heteroatoms. The number of hydrogen-bond donors (Lipinski definition) is 2. The summed E-state index contributed by atoms with van der Waals surface area (Å²) in [5.74, 6) is 0.0776. The number of aliphatic hydroxyl groups is 1. The number of carbonyl (C=O) groups is 1. The number of aryl methyl sites for hydroxylation is 2. The molecule has 0 aromatic carbocycles. The van der Waals surface area contributed by atoms with Gasteiger partial charge in [0.15, 0.2) is 5.16 Å². The van der Waals surface area contributed by atoms with Crippen LogP contribution in [0.5, 0.6) is 0 Å². The van der Waals surface area contributed by atoms with E-state index in [0.29, 0.717) is 11.8 Å². The van der Waals surface area contributed by atoms with E-state index in [-0.39, 0.29) is 24.3 Å². The Bertz CT molecular complexity index is 449. The van der Waals surface area contributed by atoms with Crippen LogP contribution >= 0.6 is 11.8 Å². The molecule has 2 unspecified atom stereocenters. The van der Waals surface area contributed by atoms with Gasteiger partial charge in [-0.15, -0.1) is 0 Å². The van der Waals surface area contributed by atoms with Gasteiger partial charge in [0.25, 0.3) is 0 Å². The average Bonchev–Trinajstić information content (AvgIpc) is 2.71. The number of nitrogens with one attached hydrogen (secondary N) is 1. The van der Waals surface area contributed by atoms with Crippen LogP contribution in [-0.2, 0) is 9.53 Å². The second kappa shape index (κ2) is 6.31. The molecule has 6 nitrogen and oxygen atoms in total. The van der Waals surface area contributed by atoms with Crippen LogP contribution in [0.15, 0.2) is 11.2 Å². The Kier molecular flexibility index (Phi) is 4.73. The van der Waals surface area contributed by atoms with E-state index < -0.39 is 6.10 Å². The molecule has 104 valence electrons. The number of amides is 1. The Morgan fingerprint density at radius 3 is 2.74 bits per heavy atom. The highest BCUT2D eigenvalue weighted by molar-refractivity contribution is 7.99. The van der Waals surface area contributed by atoms with Crippen molar-refractivity contribution >= 4 is 17.7 Å². The summed E-state index contributed by atoms with van der Waals surface area (Å²) in [5.41, 5.74) is 1.77. The van der Waals surface area contributed by atoms with Gasteiger partial charge in [0.05, 0.1) is 31.1 Å². The average molecular weight is 283 g/mol. The molecule has 0 aliphatic carbocycles. The van der Waals surface area contributed by atoms with Gasteiger partial charge in [-0.05, 0) is 19.9 Å². The van der Waals surface area contributed by atoms with Crippen LogP contribution in [0.25, 0.3) is 0 Å². The number of hydrogen-bond acceptors (Lipinski definition) is 6. The van der Waals surface area contributed by atoms with Crippen LogP contribution < -0.4 is 5.32 Å². The molecule has 2 rings (SSSR count). The van der Waals surface area contributed by atoms with Crippen LogP contribution in [0.1, 0.15) is 11.4 Å². The van der Waals surface area contributed by atoms with Crippen molar-refractivity contribution in [3.8, 4) is 0 Å². The smallest absolute Gasteiger partial charge is 0.230 e. The number of carbonyl (C=O) groups excluding carboxylic acids is 1. The van der Waals surface area contributed by atoms with Gasteiger partial charge in [-0.2, -0.15) is 0 Å². The van der Waals surface area contributed by atoms with Gasteiger partial charge >= 0.3 is 0 Å². The summed E-state index contributed by atoms with van der Waals surface area (Å²) in [6.07, 6.45) is -0.619. The summed E-state index contributed by atoms with van der Waals surface area (Å²) >= 11 is 1.28. The lowest BCUT2D eigenvalue weighted by molar-refractivity contribution is -0.119. The van der Waals surface area contributed by atoms with Crippen molar-refractivity contribution in [2.75, 3.05) is 19.0 Å². The van der Waals surface area contributed by atoms with E-state index in [4.69, 9.17) is 4.74 Å². The molecule has 0 saturated carbocycles. The van der Waals surface area contributed by atoms with E-state index in [1.807, 2.05) is 19.9 Å². The maximum Gasteiger partial charge on any atom is 0.230 e. The van der Waals surface area contributed by atoms with Crippen LogP contribution in [0.3, 0.4) is 0 Å². The minimum Gasteiger partial charge on any atom is -0.388 e. The minimum atomic E-state index is -0.619. The second-order valence-electron chi connectivity index (χ2n) is 4.50. The number of thioether (sulfide) groups is 1. The lowest BCUT2D eigenvalue weighted by atomic mass is 10.2. The summed E-state index contributed by atoms with van der Waals surface area (Å²) in [5, 5.41) is 12.9. The highest BCUT2D eigenvalue weighted by Crippen LogP contribution is 2.14. The van der Waals surface area contributed by atoms with Crippen molar-refractivity contribution in [3.63, 3.8) is 0 Å². The zero-order valence-electron chi connectivity index (χ0n) is 10.9. The normalized spacial score (nSPS) is 22.5. The summed E-state index contributed by atoms with van der Waals surface area (Å²) in [7, 11) is 0. The molecule has 2 heterocycles. The zero-order valence-corrected chi connectivity index (χ0v) is 11.7. The van der Waals surface area contributed by atoms with Gasteiger partial charge in [-0.1, -0.05) is 11.8 Å². The molecule has 1 fully saturated rings. The van der Waals surface area contributed by atoms with Crippen LogP contribution in [0.4, 0.5) is 0 Å². The van der Waals surface area contributed by atoms with Gasteiger partial charge < -0.3 is 15.2 Å². The van der Waals surface area contributed by atoms with E-state index in [2.05, 4.69) is 15.3 Å². The first-order valence-electron chi connectivity index (χ1n) is 6.05. The van der Waals surface area contributed by atoms with E-state index in [9.17, 15) is 9.90 Å². The van der Waals surface area contributed by atoms with Crippen molar-refractivity contribution in [2.45, 2.75) is 31.1 Å². The Morgan fingerprint density at radius 2 is 2.16 bits per heavy atom. The van der Waals surface area contributed by atoms with Crippen molar-refractivity contribution in [2.24, 2.45) is 0 Å². The third-order valence-electron chi connectivity index (χ3n) is 2.69. The van der Waals surface area contributed by atoms with E-state index in [1.165, 1.54) is 11.8 Å². The Labute approximate surface area is 116 Å².